The molecule has 21 heavy (non-hydrogen) atoms. The minimum atomic E-state index is -0.226. The molecule has 0 aliphatic rings. The van der Waals surface area contributed by atoms with Gasteiger partial charge in [-0.25, -0.2) is 9.37 Å². The van der Waals surface area contributed by atoms with Gasteiger partial charge in [0, 0.05) is 20.2 Å². The zero-order valence-corrected chi connectivity index (χ0v) is 14.0. The molecule has 0 aliphatic carbocycles. The predicted octanol–water partition coefficient (Wildman–Crippen LogP) is 5.17. The highest BCUT2D eigenvalue weighted by Crippen LogP contribution is 2.24. The van der Waals surface area contributed by atoms with Crippen LogP contribution in [-0.2, 0) is 6.54 Å². The molecule has 0 unspecified atom stereocenters. The van der Waals surface area contributed by atoms with Crippen LogP contribution in [0.4, 0.5) is 10.1 Å². The largest absolute Gasteiger partial charge is 0.379 e. The van der Waals surface area contributed by atoms with E-state index in [0.717, 1.165) is 22.0 Å². The Morgan fingerprint density at radius 3 is 2.71 bits per heavy atom. The Morgan fingerprint density at radius 1 is 1.14 bits per heavy atom. The molecule has 2 nitrogen and oxygen atoms in total. The van der Waals surface area contributed by atoms with Crippen molar-refractivity contribution in [2.24, 2.45) is 0 Å². The molecule has 0 saturated carbocycles. The van der Waals surface area contributed by atoms with Crippen molar-refractivity contribution >= 4 is 39.6 Å². The number of halogens is 2. The van der Waals surface area contributed by atoms with Crippen LogP contribution >= 0.6 is 33.9 Å². The van der Waals surface area contributed by atoms with Gasteiger partial charge in [-0.2, -0.15) is 0 Å². The van der Waals surface area contributed by atoms with Gasteiger partial charge in [0.05, 0.1) is 12.2 Å². The number of hydrogen-bond donors (Lipinski definition) is 1. The lowest BCUT2D eigenvalue weighted by atomic mass is 10.2. The maximum atomic E-state index is 12.9. The molecule has 0 atom stereocenters. The van der Waals surface area contributed by atoms with Gasteiger partial charge >= 0.3 is 0 Å². The topological polar surface area (TPSA) is 24.9 Å². The highest BCUT2D eigenvalue weighted by Gasteiger charge is 2.05. The molecule has 0 aliphatic heterocycles. The van der Waals surface area contributed by atoms with E-state index >= 15 is 0 Å². The quantitative estimate of drug-likeness (QED) is 0.601. The first kappa shape index (κ1) is 14.5. The van der Waals surface area contributed by atoms with E-state index in [1.807, 2.05) is 17.5 Å². The maximum absolute atomic E-state index is 12.9. The fourth-order valence-electron chi connectivity index (χ4n) is 1.90. The summed E-state index contributed by atoms with van der Waals surface area (Å²) in [6.07, 6.45) is 0. The minimum absolute atomic E-state index is 0.226. The molecule has 0 fully saturated rings. The molecule has 2 aromatic carbocycles. The summed E-state index contributed by atoms with van der Waals surface area (Å²) in [5.41, 5.74) is 3.01. The van der Waals surface area contributed by atoms with Crippen molar-refractivity contribution in [1.82, 2.24) is 4.98 Å². The lowest BCUT2D eigenvalue weighted by Crippen LogP contribution is -1.99. The summed E-state index contributed by atoms with van der Waals surface area (Å²) in [5.74, 6) is -0.226. The van der Waals surface area contributed by atoms with Crippen LogP contribution in [-0.4, -0.2) is 4.98 Å². The molecule has 3 aromatic rings. The molecule has 1 N–H and O–H groups in total. The van der Waals surface area contributed by atoms with Crippen LogP contribution < -0.4 is 5.32 Å². The average Bonchev–Trinajstić information content (AvgIpc) is 2.95. The van der Waals surface area contributed by atoms with Crippen LogP contribution in [0.15, 0.2) is 53.9 Å². The van der Waals surface area contributed by atoms with Crippen molar-refractivity contribution in [3.05, 3.63) is 69.0 Å². The number of rotatable bonds is 4. The van der Waals surface area contributed by atoms with E-state index in [-0.39, 0.29) is 5.82 Å². The molecule has 3 rings (SSSR count). The first-order chi connectivity index (χ1) is 10.2. The van der Waals surface area contributed by atoms with E-state index in [9.17, 15) is 4.39 Å². The molecule has 0 amide bonds. The van der Waals surface area contributed by atoms with Crippen molar-refractivity contribution in [1.29, 1.82) is 0 Å². The lowest BCUT2D eigenvalue weighted by Gasteiger charge is -2.04. The van der Waals surface area contributed by atoms with E-state index in [4.69, 9.17) is 0 Å². The van der Waals surface area contributed by atoms with Crippen molar-refractivity contribution < 1.29 is 4.39 Å². The van der Waals surface area contributed by atoms with Gasteiger partial charge in [0.2, 0.25) is 0 Å². The zero-order chi connectivity index (χ0) is 14.7. The molecule has 106 valence electrons. The average molecular weight is 410 g/mol. The lowest BCUT2D eigenvalue weighted by molar-refractivity contribution is 0.628. The molecule has 0 spiro atoms. The summed E-state index contributed by atoms with van der Waals surface area (Å²) < 4.78 is 14.1. The van der Waals surface area contributed by atoms with Crippen LogP contribution in [0, 0.1) is 9.39 Å². The summed E-state index contributed by atoms with van der Waals surface area (Å²) in [6.45, 7) is 0.678. The third kappa shape index (κ3) is 3.79. The molecule has 1 aromatic heterocycles. The second kappa shape index (κ2) is 6.53. The predicted molar refractivity (Wildman–Crippen MR) is 94.0 cm³/mol. The van der Waals surface area contributed by atoms with Gasteiger partial charge in [-0.05, 0) is 65.1 Å². The second-order valence-electron chi connectivity index (χ2n) is 4.51. The highest BCUT2D eigenvalue weighted by molar-refractivity contribution is 14.1. The first-order valence-corrected chi connectivity index (χ1v) is 8.36. The summed E-state index contributed by atoms with van der Waals surface area (Å²) in [4.78, 5) is 4.58. The Bertz CT molecular complexity index is 740. The van der Waals surface area contributed by atoms with E-state index in [1.54, 1.807) is 23.5 Å². The Kier molecular flexibility index (Phi) is 4.50. The van der Waals surface area contributed by atoms with E-state index in [1.165, 1.54) is 15.7 Å². The number of hydrogen-bond acceptors (Lipinski definition) is 3. The Morgan fingerprint density at radius 2 is 1.95 bits per heavy atom. The molecule has 1 heterocycles. The number of aromatic nitrogens is 1. The van der Waals surface area contributed by atoms with Crippen molar-refractivity contribution in [3.8, 4) is 10.6 Å². The fraction of sp³-hybridized carbons (Fsp3) is 0.0625. The number of benzene rings is 2. The third-order valence-electron chi connectivity index (χ3n) is 2.94. The highest BCUT2D eigenvalue weighted by atomic mass is 127. The molecule has 5 heteroatoms. The smallest absolute Gasteiger partial charge is 0.123 e. The summed E-state index contributed by atoms with van der Waals surface area (Å²) >= 11 is 3.86. The Hall–Kier alpha value is -1.47. The molecule has 0 saturated heterocycles. The van der Waals surface area contributed by atoms with Crippen molar-refractivity contribution in [2.75, 3.05) is 5.32 Å². The van der Waals surface area contributed by atoms with Crippen LogP contribution in [0.2, 0.25) is 0 Å². The summed E-state index contributed by atoms with van der Waals surface area (Å²) in [5, 5.41) is 6.29. The number of anilines is 1. The fourth-order valence-corrected chi connectivity index (χ4v) is 3.27. The van der Waals surface area contributed by atoms with Gasteiger partial charge in [-0.1, -0.05) is 6.07 Å². The first-order valence-electron chi connectivity index (χ1n) is 6.40. The van der Waals surface area contributed by atoms with E-state index in [2.05, 4.69) is 45.0 Å². The van der Waals surface area contributed by atoms with Gasteiger partial charge in [-0.3, -0.25) is 0 Å². The SMILES string of the molecule is Fc1ccc(-c2nc(CNc3cccc(I)c3)cs2)cc1. The summed E-state index contributed by atoms with van der Waals surface area (Å²) in [7, 11) is 0. The van der Waals surface area contributed by atoms with Crippen LogP contribution in [0.25, 0.3) is 10.6 Å². The Labute approximate surface area is 140 Å². The molecule has 0 bridgehead atoms. The zero-order valence-electron chi connectivity index (χ0n) is 11.0. The van der Waals surface area contributed by atoms with Crippen LogP contribution in [0.5, 0.6) is 0 Å². The number of nitrogens with zero attached hydrogens (tertiary/aromatic N) is 1. The van der Waals surface area contributed by atoms with Gasteiger partial charge < -0.3 is 5.32 Å². The van der Waals surface area contributed by atoms with Gasteiger partial charge in [0.15, 0.2) is 0 Å². The van der Waals surface area contributed by atoms with E-state index < -0.39 is 0 Å². The number of thiazole rings is 1. The van der Waals surface area contributed by atoms with Crippen molar-refractivity contribution in [2.45, 2.75) is 6.54 Å². The van der Waals surface area contributed by atoms with E-state index in [0.29, 0.717) is 6.54 Å². The molecular weight excluding hydrogens is 398 g/mol. The van der Waals surface area contributed by atoms with Gasteiger partial charge in [-0.15, -0.1) is 11.3 Å². The van der Waals surface area contributed by atoms with Crippen molar-refractivity contribution in [3.63, 3.8) is 0 Å². The maximum Gasteiger partial charge on any atom is 0.123 e. The van der Waals surface area contributed by atoms with Gasteiger partial charge in [0.1, 0.15) is 10.8 Å². The second-order valence-corrected chi connectivity index (χ2v) is 6.62. The monoisotopic (exact) mass is 410 g/mol. The summed E-state index contributed by atoms with van der Waals surface area (Å²) in [6, 6.07) is 14.6. The third-order valence-corrected chi connectivity index (χ3v) is 4.55. The molecule has 0 radical (unpaired) electrons. The molecular formula is C16H12FIN2S. The van der Waals surface area contributed by atoms with Crippen LogP contribution in [0.3, 0.4) is 0 Å². The van der Waals surface area contributed by atoms with Crippen LogP contribution in [0.1, 0.15) is 5.69 Å². The minimum Gasteiger partial charge on any atom is -0.379 e. The standard InChI is InChI=1S/C16H12FIN2S/c17-12-6-4-11(5-7-12)16-20-15(10-21-16)9-19-14-3-1-2-13(18)8-14/h1-8,10,19H,9H2. The number of nitrogens with one attached hydrogen (secondary N) is 1. The Balaban J connectivity index is 1.69. The normalized spacial score (nSPS) is 10.6. The van der Waals surface area contributed by atoms with Gasteiger partial charge in [0.25, 0.3) is 0 Å².